The number of morpholine rings is 1. The van der Waals surface area contributed by atoms with Gasteiger partial charge in [0.25, 0.3) is 5.91 Å². The van der Waals surface area contributed by atoms with Crippen molar-refractivity contribution in [3.05, 3.63) is 87.0 Å². The lowest BCUT2D eigenvalue weighted by Crippen LogP contribution is -2.55. The Balaban J connectivity index is 0.934. The molecule has 4 fully saturated rings. The zero-order valence-corrected chi connectivity index (χ0v) is 36.7. The van der Waals surface area contributed by atoms with E-state index in [1.807, 2.05) is 11.8 Å². The third kappa shape index (κ3) is 8.37. The Bertz CT molecular complexity index is 2420. The molecule has 3 aromatic carbocycles. The summed E-state index contributed by atoms with van der Waals surface area (Å²) in [5.41, 5.74) is 0.00166. The second-order valence-corrected chi connectivity index (χ2v) is 17.8. The normalized spacial score (nSPS) is 28.7. The number of ketones is 3. The first-order chi connectivity index (χ1) is 31.7. The van der Waals surface area contributed by atoms with Gasteiger partial charge in [-0.2, -0.15) is 0 Å². The first-order valence-corrected chi connectivity index (χ1v) is 22.1. The molecular weight excluding hydrogens is 863 g/mol. The first kappa shape index (κ1) is 45.8. The molecule has 0 saturated carbocycles. The molecule has 4 heterocycles. The van der Waals surface area contributed by atoms with E-state index in [1.54, 1.807) is 24.3 Å². The fourth-order valence-electron chi connectivity index (χ4n) is 10.4. The number of nitrogens with zero attached hydrogens (tertiary/aromatic N) is 2. The van der Waals surface area contributed by atoms with Crippen LogP contribution >= 0.6 is 0 Å². The predicted octanol–water partition coefficient (Wildman–Crippen LogP) is 2.31. The number of piperidine rings is 1. The highest BCUT2D eigenvalue weighted by molar-refractivity contribution is 6.31. The minimum atomic E-state index is -2.36. The highest BCUT2D eigenvalue weighted by Gasteiger charge is 2.55. The van der Waals surface area contributed by atoms with Gasteiger partial charge in [0.05, 0.1) is 61.7 Å². The van der Waals surface area contributed by atoms with Gasteiger partial charge < -0.3 is 48.8 Å². The van der Waals surface area contributed by atoms with Crippen LogP contribution in [-0.2, 0) is 62.4 Å². The van der Waals surface area contributed by atoms with Crippen LogP contribution in [0.1, 0.15) is 92.8 Å². The van der Waals surface area contributed by atoms with Crippen LogP contribution in [0.5, 0.6) is 17.2 Å². The Labute approximate surface area is 379 Å². The average molecular weight is 916 g/mol. The summed E-state index contributed by atoms with van der Waals surface area (Å²) in [5.74, 6) is -4.99. The molecule has 4 saturated heterocycles. The topological polar surface area (TPSA) is 249 Å². The molecule has 9 rings (SSSR count). The van der Waals surface area contributed by atoms with Crippen LogP contribution in [0.15, 0.2) is 42.5 Å². The maximum atomic E-state index is 14.2. The number of Topliss-reactive ketones (excluding diaryl/α,β-unsaturated/α-hetero) is 1. The van der Waals surface area contributed by atoms with Gasteiger partial charge in [-0.1, -0.05) is 36.4 Å². The van der Waals surface area contributed by atoms with E-state index in [0.717, 1.165) is 5.56 Å². The summed E-state index contributed by atoms with van der Waals surface area (Å²) >= 11 is 0. The van der Waals surface area contributed by atoms with E-state index in [4.69, 9.17) is 33.3 Å². The molecule has 19 nitrogen and oxygen atoms in total. The smallest absolute Gasteiger partial charge is 0.306 e. The summed E-state index contributed by atoms with van der Waals surface area (Å²) in [5, 5.41) is 45.6. The molecule has 6 aliphatic rings. The van der Waals surface area contributed by atoms with Crippen molar-refractivity contribution in [1.29, 1.82) is 0 Å². The number of carboxylic acid groups (broad SMARTS) is 1. The van der Waals surface area contributed by atoms with Gasteiger partial charge in [-0.05, 0) is 50.0 Å². The Morgan fingerprint density at radius 1 is 0.924 bits per heavy atom. The van der Waals surface area contributed by atoms with E-state index in [1.165, 1.54) is 32.4 Å². The van der Waals surface area contributed by atoms with Gasteiger partial charge in [0, 0.05) is 62.1 Å². The van der Waals surface area contributed by atoms with Gasteiger partial charge in [-0.3, -0.25) is 38.6 Å². The Kier molecular flexibility index (Phi) is 12.8. The van der Waals surface area contributed by atoms with Crippen molar-refractivity contribution in [2.45, 2.75) is 101 Å². The number of fused-ring (bicyclic) bond motifs is 6. The summed E-state index contributed by atoms with van der Waals surface area (Å²) in [6.07, 6.45) is -4.06. The van der Waals surface area contributed by atoms with E-state index in [-0.39, 0.29) is 77.8 Å². The minimum Gasteiger partial charge on any atom is -0.507 e. The molecule has 352 valence electrons. The summed E-state index contributed by atoms with van der Waals surface area (Å²) in [7, 11) is 2.87. The van der Waals surface area contributed by atoms with Crippen LogP contribution in [0.4, 0.5) is 0 Å². The monoisotopic (exact) mass is 915 g/mol. The number of carboxylic acids is 1. The number of aliphatic carboxylic acids is 1. The number of likely N-dealkylation sites (tertiary alicyclic amines) is 1. The van der Waals surface area contributed by atoms with Crippen molar-refractivity contribution in [2.75, 3.05) is 47.0 Å². The number of benzene rings is 3. The third-order valence-corrected chi connectivity index (χ3v) is 13.8. The van der Waals surface area contributed by atoms with Gasteiger partial charge in [0.2, 0.25) is 5.78 Å². The molecule has 0 radical (unpaired) electrons. The maximum absolute atomic E-state index is 14.2. The van der Waals surface area contributed by atoms with Crippen molar-refractivity contribution >= 4 is 29.2 Å². The number of ether oxygens (including phenoxy) is 6. The molecule has 0 aromatic heterocycles. The van der Waals surface area contributed by atoms with E-state index in [9.17, 15) is 44.4 Å². The van der Waals surface area contributed by atoms with Gasteiger partial charge in [0.15, 0.2) is 36.0 Å². The maximum Gasteiger partial charge on any atom is 0.306 e. The second-order valence-electron chi connectivity index (χ2n) is 17.8. The molecule has 3 aromatic rings. The van der Waals surface area contributed by atoms with Crippen LogP contribution in [0.2, 0.25) is 0 Å². The molecule has 0 bridgehead atoms. The number of aromatic hydroxyl groups is 2. The highest BCUT2D eigenvalue weighted by Crippen LogP contribution is 2.53. The largest absolute Gasteiger partial charge is 0.507 e. The molecule has 19 heteroatoms. The number of carbonyl (C=O) groups excluding carboxylic acids is 4. The number of phenols is 2. The Morgan fingerprint density at radius 2 is 1.65 bits per heavy atom. The van der Waals surface area contributed by atoms with E-state index >= 15 is 0 Å². The third-order valence-electron chi connectivity index (χ3n) is 13.8. The van der Waals surface area contributed by atoms with E-state index < -0.39 is 95.5 Å². The number of phenolic OH excluding ortho intramolecular Hbond substituents is 2. The summed E-state index contributed by atoms with van der Waals surface area (Å²) in [6.45, 7) is 3.96. The number of methoxy groups -OCH3 is 2. The number of hydroxylamine groups is 1. The van der Waals surface area contributed by atoms with Crippen molar-refractivity contribution in [3.8, 4) is 17.2 Å². The van der Waals surface area contributed by atoms with Crippen LogP contribution in [0.3, 0.4) is 0 Å². The zero-order chi connectivity index (χ0) is 46.6. The SMILES string of the molecule is COc1cccc2c1C(=O)c1c(O)c3c(c(O)c1C2=O)C[C@@](O)(C(=O)NOCc1ccc(CC(=O)CN2CCC(C(=O)O)CC2)cc1)C[C@@H]3O[C@H]1C[C@H]2[C@H](O[C@@H]3[C@@H](OC)OCCN32)[C@H](C)O1. The Morgan fingerprint density at radius 3 is 2.36 bits per heavy atom. The second kappa shape index (κ2) is 18.4. The molecule has 2 aliphatic carbocycles. The zero-order valence-electron chi connectivity index (χ0n) is 36.7. The van der Waals surface area contributed by atoms with Crippen molar-refractivity contribution < 1.29 is 77.7 Å². The predicted molar refractivity (Wildman–Crippen MR) is 226 cm³/mol. The average Bonchev–Trinajstić information content (AvgIpc) is 3.69. The quantitative estimate of drug-likeness (QED) is 0.0954. The summed E-state index contributed by atoms with van der Waals surface area (Å²) in [6, 6.07) is 11.2. The number of nitrogens with one attached hydrogen (secondary N) is 1. The molecule has 0 spiro atoms. The summed E-state index contributed by atoms with van der Waals surface area (Å²) < 4.78 is 36.0. The number of hydrogen-bond donors (Lipinski definition) is 5. The van der Waals surface area contributed by atoms with Crippen LogP contribution in [-0.4, -0.2) is 149 Å². The molecule has 0 unspecified atom stereocenters. The number of aliphatic hydroxyl groups is 1. The molecular formula is C47H53N3O16. The van der Waals surface area contributed by atoms with Crippen molar-refractivity contribution in [2.24, 2.45) is 5.92 Å². The lowest BCUT2D eigenvalue weighted by atomic mass is 9.72. The van der Waals surface area contributed by atoms with Gasteiger partial charge in [0.1, 0.15) is 23.4 Å². The van der Waals surface area contributed by atoms with Gasteiger partial charge in [-0.15, -0.1) is 0 Å². The fourth-order valence-corrected chi connectivity index (χ4v) is 10.4. The molecule has 4 aliphatic heterocycles. The number of rotatable bonds is 13. The van der Waals surface area contributed by atoms with E-state index in [0.29, 0.717) is 44.6 Å². The lowest BCUT2D eigenvalue weighted by Gasteiger charge is -2.43. The molecule has 8 atom stereocenters. The van der Waals surface area contributed by atoms with Gasteiger partial charge in [-0.25, -0.2) is 5.48 Å². The van der Waals surface area contributed by atoms with Crippen LogP contribution < -0.4 is 10.2 Å². The molecule has 5 N–H and O–H groups in total. The van der Waals surface area contributed by atoms with Crippen molar-refractivity contribution in [1.82, 2.24) is 15.3 Å². The highest BCUT2D eigenvalue weighted by atomic mass is 16.7. The minimum absolute atomic E-state index is 0.00207. The van der Waals surface area contributed by atoms with Crippen LogP contribution in [0.25, 0.3) is 0 Å². The van der Waals surface area contributed by atoms with Crippen LogP contribution in [0, 0.1) is 5.92 Å². The number of carbonyl (C=O) groups is 5. The first-order valence-electron chi connectivity index (χ1n) is 22.1. The molecule has 66 heavy (non-hydrogen) atoms. The molecule has 1 amide bonds. The fraction of sp³-hybridized carbons (Fsp3) is 0.511. The van der Waals surface area contributed by atoms with Gasteiger partial charge >= 0.3 is 5.97 Å². The summed E-state index contributed by atoms with van der Waals surface area (Å²) in [4.78, 5) is 76.1. The van der Waals surface area contributed by atoms with Crippen molar-refractivity contribution in [3.63, 3.8) is 0 Å². The van der Waals surface area contributed by atoms with E-state index in [2.05, 4.69) is 10.4 Å². The number of hydrogen-bond acceptors (Lipinski definition) is 17. The number of amides is 1. The Hall–Kier alpha value is -5.35. The lowest BCUT2D eigenvalue weighted by molar-refractivity contribution is -0.256. The standard InChI is InChI=1S/C47H53N3O16/c1-23-42-30(50-15-16-62-45(61-3)43(50)66-42)18-33(64-23)65-32-20-47(59,19-29-35(32)41(55)37-36(39(29)53)38(52)28-5-4-6-31(60-2)34(28)40(37)54)46(58)48-63-22-25-9-7-24(8-10-25)17-27(51)21-49-13-11-26(12-14-49)44(56)57/h4-10,23,26,30,32-33,42-43,45,53,55,59H,11-22H2,1-3H3,(H,48,58)(H,56,57)/t23-,30-,32-,33-,42+,43+,45-,47-/m0/s1.